The predicted octanol–water partition coefficient (Wildman–Crippen LogP) is 2.64. The number of aromatic nitrogens is 2. The molecule has 16 heavy (non-hydrogen) atoms. The largest absolute Gasteiger partial charge is 0.394 e. The molecule has 0 unspecified atom stereocenters. The predicted molar refractivity (Wildman–Crippen MR) is 69.6 cm³/mol. The second-order valence-corrected chi connectivity index (χ2v) is 4.63. The molecule has 1 aromatic rings. The fourth-order valence-electron chi connectivity index (χ4n) is 1.73. The van der Waals surface area contributed by atoms with Crippen molar-refractivity contribution in [3.8, 4) is 0 Å². The highest BCUT2D eigenvalue weighted by atomic mass is 15.3. The highest BCUT2D eigenvalue weighted by molar-refractivity contribution is 5.64. The molecular weight excluding hydrogens is 200 g/mol. The Morgan fingerprint density at radius 1 is 1.44 bits per heavy atom. The normalized spacial score (nSPS) is 11.1. The average molecular weight is 224 g/mol. The summed E-state index contributed by atoms with van der Waals surface area (Å²) in [7, 11) is 0. The Labute approximate surface area is 98.2 Å². The fraction of sp³-hybridized carbons (Fsp3) is 0.750. The number of nitrogens with one attached hydrogen (secondary N) is 1. The van der Waals surface area contributed by atoms with Crippen LogP contribution in [0.3, 0.4) is 0 Å². The van der Waals surface area contributed by atoms with E-state index >= 15 is 0 Å². The van der Waals surface area contributed by atoms with Gasteiger partial charge < -0.3 is 11.1 Å². The van der Waals surface area contributed by atoms with Gasteiger partial charge in [-0.2, -0.15) is 5.10 Å². The van der Waals surface area contributed by atoms with Gasteiger partial charge in [-0.3, -0.25) is 0 Å². The maximum absolute atomic E-state index is 5.98. The van der Waals surface area contributed by atoms with Crippen molar-refractivity contribution in [3.05, 3.63) is 5.69 Å². The second kappa shape index (κ2) is 5.77. The molecular formula is C12H24N4. The molecule has 92 valence electrons. The van der Waals surface area contributed by atoms with Crippen LogP contribution in [-0.2, 0) is 6.54 Å². The number of nitrogen functional groups attached to an aromatic ring is 1. The molecule has 0 aliphatic heterocycles. The number of aryl methyl sites for hydroxylation is 2. The number of hydrogen-bond donors (Lipinski definition) is 2. The van der Waals surface area contributed by atoms with Gasteiger partial charge in [-0.25, -0.2) is 4.68 Å². The number of anilines is 2. The Morgan fingerprint density at radius 2 is 2.12 bits per heavy atom. The third-order valence-electron chi connectivity index (χ3n) is 2.72. The maximum atomic E-state index is 5.98. The second-order valence-electron chi connectivity index (χ2n) is 4.63. The summed E-state index contributed by atoms with van der Waals surface area (Å²) in [6.45, 7) is 10.3. The van der Waals surface area contributed by atoms with Gasteiger partial charge in [-0.15, -0.1) is 0 Å². The van der Waals surface area contributed by atoms with E-state index < -0.39 is 0 Å². The molecule has 0 saturated heterocycles. The van der Waals surface area contributed by atoms with Crippen molar-refractivity contribution >= 4 is 11.5 Å². The van der Waals surface area contributed by atoms with Gasteiger partial charge in [0.25, 0.3) is 0 Å². The molecule has 1 aromatic heterocycles. The van der Waals surface area contributed by atoms with Crippen molar-refractivity contribution in [1.82, 2.24) is 9.78 Å². The van der Waals surface area contributed by atoms with E-state index in [0.29, 0.717) is 0 Å². The summed E-state index contributed by atoms with van der Waals surface area (Å²) in [6.07, 6.45) is 2.41. The summed E-state index contributed by atoms with van der Waals surface area (Å²) in [4.78, 5) is 0. The molecule has 0 aliphatic carbocycles. The van der Waals surface area contributed by atoms with Gasteiger partial charge >= 0.3 is 0 Å². The van der Waals surface area contributed by atoms with Gasteiger partial charge in [-0.05, 0) is 32.6 Å². The molecule has 0 radical (unpaired) electrons. The van der Waals surface area contributed by atoms with Crippen molar-refractivity contribution < 1.29 is 0 Å². The van der Waals surface area contributed by atoms with Crippen LogP contribution in [0.25, 0.3) is 0 Å². The molecule has 4 nitrogen and oxygen atoms in total. The van der Waals surface area contributed by atoms with Crippen LogP contribution in [0.4, 0.5) is 11.5 Å². The van der Waals surface area contributed by atoms with Crippen LogP contribution in [0.1, 0.15) is 39.3 Å². The van der Waals surface area contributed by atoms with Crippen molar-refractivity contribution in [2.75, 3.05) is 17.6 Å². The summed E-state index contributed by atoms with van der Waals surface area (Å²) in [5, 5.41) is 7.76. The molecule has 0 bridgehead atoms. The van der Waals surface area contributed by atoms with Gasteiger partial charge in [0.05, 0.1) is 11.4 Å². The first-order valence-corrected chi connectivity index (χ1v) is 6.13. The van der Waals surface area contributed by atoms with E-state index in [2.05, 4.69) is 31.2 Å². The minimum Gasteiger partial charge on any atom is -0.394 e. The van der Waals surface area contributed by atoms with Crippen molar-refractivity contribution in [1.29, 1.82) is 0 Å². The van der Waals surface area contributed by atoms with E-state index in [9.17, 15) is 0 Å². The molecule has 0 aromatic carbocycles. The van der Waals surface area contributed by atoms with Crippen molar-refractivity contribution in [2.45, 2.75) is 47.1 Å². The lowest BCUT2D eigenvalue weighted by molar-refractivity contribution is 0.564. The van der Waals surface area contributed by atoms with E-state index in [0.717, 1.165) is 36.2 Å². The molecule has 1 rings (SSSR count). The van der Waals surface area contributed by atoms with E-state index in [-0.39, 0.29) is 0 Å². The Morgan fingerprint density at radius 3 is 2.69 bits per heavy atom. The first-order chi connectivity index (χ1) is 7.56. The lowest BCUT2D eigenvalue weighted by Gasteiger charge is -2.10. The van der Waals surface area contributed by atoms with Gasteiger partial charge in [0.1, 0.15) is 5.82 Å². The van der Waals surface area contributed by atoms with Crippen LogP contribution < -0.4 is 11.1 Å². The number of nitrogens with zero attached hydrogens (tertiary/aromatic N) is 2. The van der Waals surface area contributed by atoms with Crippen molar-refractivity contribution in [3.63, 3.8) is 0 Å². The molecule has 0 saturated carbocycles. The van der Waals surface area contributed by atoms with E-state index in [1.54, 1.807) is 0 Å². The van der Waals surface area contributed by atoms with Gasteiger partial charge in [0, 0.05) is 13.1 Å². The van der Waals surface area contributed by atoms with Crippen LogP contribution in [0.15, 0.2) is 0 Å². The lowest BCUT2D eigenvalue weighted by Crippen LogP contribution is -2.10. The van der Waals surface area contributed by atoms with Crippen LogP contribution >= 0.6 is 0 Å². The molecule has 3 N–H and O–H groups in total. The standard InChI is InChI=1S/C12H24N4/c1-5-16-12(11(13)10(4)15-16)14-8-6-7-9(2)3/h9,14H,5-8,13H2,1-4H3. The summed E-state index contributed by atoms with van der Waals surface area (Å²) >= 11 is 0. The molecule has 0 fully saturated rings. The van der Waals surface area contributed by atoms with Crippen LogP contribution in [0.2, 0.25) is 0 Å². The van der Waals surface area contributed by atoms with E-state index in [1.165, 1.54) is 12.8 Å². The highest BCUT2D eigenvalue weighted by Gasteiger charge is 2.10. The van der Waals surface area contributed by atoms with Crippen LogP contribution in [0, 0.1) is 12.8 Å². The maximum Gasteiger partial charge on any atom is 0.148 e. The molecule has 1 heterocycles. The Bertz CT molecular complexity index is 328. The van der Waals surface area contributed by atoms with Crippen LogP contribution in [-0.4, -0.2) is 16.3 Å². The zero-order valence-corrected chi connectivity index (χ0v) is 10.9. The fourth-order valence-corrected chi connectivity index (χ4v) is 1.73. The van der Waals surface area contributed by atoms with Gasteiger partial charge in [0.2, 0.25) is 0 Å². The van der Waals surface area contributed by atoms with Gasteiger partial charge in [0.15, 0.2) is 0 Å². The summed E-state index contributed by atoms with van der Waals surface area (Å²) in [5.74, 6) is 1.74. The summed E-state index contributed by atoms with van der Waals surface area (Å²) in [6, 6.07) is 0. The average Bonchev–Trinajstić information content (AvgIpc) is 2.50. The molecule has 4 heteroatoms. The van der Waals surface area contributed by atoms with Crippen molar-refractivity contribution in [2.24, 2.45) is 5.92 Å². The van der Waals surface area contributed by atoms with E-state index in [4.69, 9.17) is 5.73 Å². The topological polar surface area (TPSA) is 55.9 Å². The van der Waals surface area contributed by atoms with Crippen LogP contribution in [0.5, 0.6) is 0 Å². The van der Waals surface area contributed by atoms with Gasteiger partial charge in [-0.1, -0.05) is 13.8 Å². The third kappa shape index (κ3) is 3.15. The number of nitrogens with two attached hydrogens (primary N) is 1. The summed E-state index contributed by atoms with van der Waals surface area (Å²) in [5.41, 5.74) is 7.67. The van der Waals surface area contributed by atoms with E-state index in [1.807, 2.05) is 11.6 Å². The zero-order chi connectivity index (χ0) is 12.1. The lowest BCUT2D eigenvalue weighted by atomic mass is 10.1. The first kappa shape index (κ1) is 12.9. The molecule has 0 atom stereocenters. The Hall–Kier alpha value is -1.19. The zero-order valence-electron chi connectivity index (χ0n) is 10.9. The quantitative estimate of drug-likeness (QED) is 0.730. The summed E-state index contributed by atoms with van der Waals surface area (Å²) < 4.78 is 1.93. The monoisotopic (exact) mass is 224 g/mol. The smallest absolute Gasteiger partial charge is 0.148 e. The third-order valence-corrected chi connectivity index (χ3v) is 2.72. The first-order valence-electron chi connectivity index (χ1n) is 6.13. The molecule has 0 spiro atoms. The SMILES string of the molecule is CCn1nc(C)c(N)c1NCCCC(C)C. The molecule has 0 amide bonds. The number of rotatable bonds is 6. The minimum absolute atomic E-state index is 0.761. The highest BCUT2D eigenvalue weighted by Crippen LogP contribution is 2.22. The Balaban J connectivity index is 2.52. The Kier molecular flexibility index (Phi) is 4.65. The number of hydrogen-bond acceptors (Lipinski definition) is 3. The molecule has 0 aliphatic rings. The minimum atomic E-state index is 0.761.